The highest BCUT2D eigenvalue weighted by Crippen LogP contribution is 2.34. The van der Waals surface area contributed by atoms with Crippen molar-refractivity contribution in [3.05, 3.63) is 35.4 Å². The van der Waals surface area contributed by atoms with Crippen molar-refractivity contribution in [3.63, 3.8) is 0 Å². The van der Waals surface area contributed by atoms with E-state index < -0.39 is 30.4 Å². The highest BCUT2D eigenvalue weighted by molar-refractivity contribution is 5.83. The Balaban J connectivity index is 3.17. The maximum atomic E-state index is 12.5. The smallest absolute Gasteiger partial charge is 0.389 e. The maximum absolute atomic E-state index is 12.5. The van der Waals surface area contributed by atoms with E-state index in [9.17, 15) is 18.0 Å². The first-order valence-electron chi connectivity index (χ1n) is 6.17. The highest BCUT2D eigenvalue weighted by Gasteiger charge is 2.43. The minimum absolute atomic E-state index is 0.237. The Kier molecular flexibility index (Phi) is 5.16. The molecular formula is C14H18F3NO2. The zero-order valence-corrected chi connectivity index (χ0v) is 11.5. The van der Waals surface area contributed by atoms with Crippen molar-refractivity contribution in [1.82, 2.24) is 0 Å². The van der Waals surface area contributed by atoms with Gasteiger partial charge in [-0.3, -0.25) is 4.79 Å². The molecule has 0 bridgehead atoms. The molecular weight excluding hydrogens is 271 g/mol. The number of carbonyl (C=O) groups excluding carboxylic acids is 1. The number of alkyl halides is 3. The molecule has 0 saturated heterocycles. The van der Waals surface area contributed by atoms with E-state index in [1.807, 2.05) is 6.92 Å². The fraction of sp³-hybridized carbons (Fsp3) is 0.500. The molecule has 112 valence electrons. The molecule has 0 spiro atoms. The van der Waals surface area contributed by atoms with Crippen molar-refractivity contribution >= 4 is 5.97 Å². The summed E-state index contributed by atoms with van der Waals surface area (Å²) in [5, 5.41) is 0. The maximum Gasteiger partial charge on any atom is 0.389 e. The molecule has 3 nitrogen and oxygen atoms in total. The summed E-state index contributed by atoms with van der Waals surface area (Å²) in [6, 6.07) is 6.71. The fourth-order valence-electron chi connectivity index (χ4n) is 2.09. The average molecular weight is 289 g/mol. The van der Waals surface area contributed by atoms with Gasteiger partial charge in [-0.05, 0) is 18.9 Å². The van der Waals surface area contributed by atoms with Crippen molar-refractivity contribution in [1.29, 1.82) is 0 Å². The van der Waals surface area contributed by atoms with Crippen LogP contribution in [0.25, 0.3) is 0 Å². The summed E-state index contributed by atoms with van der Waals surface area (Å²) in [4.78, 5) is 12.0. The predicted octanol–water partition coefficient (Wildman–Crippen LogP) is 2.71. The molecule has 0 radical (unpaired) electrons. The van der Waals surface area contributed by atoms with Crippen LogP contribution in [0.5, 0.6) is 0 Å². The standard InChI is InChI=1S/C14H18F3NO2/c1-10-3-5-11(6-4-10)13(9-18,12(19)20-2)7-8-14(15,16)17/h3-6H,7-9,18H2,1-2H3. The number of rotatable bonds is 5. The van der Waals surface area contributed by atoms with Crippen LogP contribution in [0.4, 0.5) is 13.2 Å². The van der Waals surface area contributed by atoms with Crippen molar-refractivity contribution in [3.8, 4) is 0 Å². The molecule has 0 amide bonds. The van der Waals surface area contributed by atoms with E-state index in [0.29, 0.717) is 5.56 Å². The Morgan fingerprint density at radius 1 is 1.20 bits per heavy atom. The first-order chi connectivity index (χ1) is 9.25. The number of benzene rings is 1. The summed E-state index contributed by atoms with van der Waals surface area (Å²) in [6.45, 7) is 1.61. The van der Waals surface area contributed by atoms with Crippen molar-refractivity contribution < 1.29 is 22.7 Å². The van der Waals surface area contributed by atoms with E-state index in [2.05, 4.69) is 4.74 Å². The summed E-state index contributed by atoms with van der Waals surface area (Å²) < 4.78 is 42.1. The van der Waals surface area contributed by atoms with Gasteiger partial charge in [0.25, 0.3) is 0 Å². The third-order valence-electron chi connectivity index (χ3n) is 3.36. The lowest BCUT2D eigenvalue weighted by molar-refractivity contribution is -0.154. The first-order valence-corrected chi connectivity index (χ1v) is 6.17. The molecule has 20 heavy (non-hydrogen) atoms. The summed E-state index contributed by atoms with van der Waals surface area (Å²) >= 11 is 0. The molecule has 0 aliphatic rings. The Labute approximate surface area is 115 Å². The number of hydrogen-bond donors (Lipinski definition) is 1. The zero-order valence-electron chi connectivity index (χ0n) is 11.5. The van der Waals surface area contributed by atoms with Gasteiger partial charge in [0.1, 0.15) is 5.41 Å². The number of nitrogens with two attached hydrogens (primary N) is 1. The average Bonchev–Trinajstić information content (AvgIpc) is 2.40. The van der Waals surface area contributed by atoms with Crippen LogP contribution in [0.2, 0.25) is 0 Å². The van der Waals surface area contributed by atoms with E-state index in [4.69, 9.17) is 5.73 Å². The van der Waals surface area contributed by atoms with Crippen LogP contribution in [-0.2, 0) is 14.9 Å². The molecule has 1 unspecified atom stereocenters. The number of methoxy groups -OCH3 is 1. The lowest BCUT2D eigenvalue weighted by Crippen LogP contribution is -2.44. The minimum Gasteiger partial charge on any atom is -0.468 e. The van der Waals surface area contributed by atoms with Gasteiger partial charge in [0.15, 0.2) is 0 Å². The van der Waals surface area contributed by atoms with Gasteiger partial charge in [0, 0.05) is 13.0 Å². The number of carbonyl (C=O) groups is 1. The molecule has 2 N–H and O–H groups in total. The van der Waals surface area contributed by atoms with Gasteiger partial charge in [0.05, 0.1) is 7.11 Å². The van der Waals surface area contributed by atoms with Gasteiger partial charge in [-0.25, -0.2) is 0 Å². The molecule has 0 saturated carbocycles. The van der Waals surface area contributed by atoms with Crippen LogP contribution in [0, 0.1) is 6.92 Å². The predicted molar refractivity (Wildman–Crippen MR) is 69.2 cm³/mol. The second kappa shape index (κ2) is 6.26. The van der Waals surface area contributed by atoms with E-state index in [-0.39, 0.29) is 6.54 Å². The van der Waals surface area contributed by atoms with E-state index in [1.54, 1.807) is 24.3 Å². The molecule has 6 heteroatoms. The van der Waals surface area contributed by atoms with Crippen LogP contribution >= 0.6 is 0 Å². The van der Waals surface area contributed by atoms with Gasteiger partial charge in [-0.15, -0.1) is 0 Å². The van der Waals surface area contributed by atoms with Gasteiger partial charge >= 0.3 is 12.1 Å². The SMILES string of the molecule is COC(=O)C(CN)(CCC(F)(F)F)c1ccc(C)cc1. The molecule has 1 rings (SSSR count). The third kappa shape index (κ3) is 3.72. The van der Waals surface area contributed by atoms with E-state index in [1.165, 1.54) is 0 Å². The van der Waals surface area contributed by atoms with Gasteiger partial charge in [-0.2, -0.15) is 13.2 Å². The lowest BCUT2D eigenvalue weighted by Gasteiger charge is -2.30. The minimum atomic E-state index is -4.35. The van der Waals surface area contributed by atoms with Crippen LogP contribution in [0.3, 0.4) is 0 Å². The fourth-order valence-corrected chi connectivity index (χ4v) is 2.09. The summed E-state index contributed by atoms with van der Waals surface area (Å²) in [5.74, 6) is -0.742. The number of esters is 1. The Morgan fingerprint density at radius 3 is 2.15 bits per heavy atom. The third-order valence-corrected chi connectivity index (χ3v) is 3.36. The lowest BCUT2D eigenvalue weighted by atomic mass is 9.76. The molecule has 0 heterocycles. The normalized spacial score (nSPS) is 14.7. The largest absolute Gasteiger partial charge is 0.468 e. The molecule has 0 fully saturated rings. The van der Waals surface area contributed by atoms with E-state index in [0.717, 1.165) is 12.7 Å². The molecule has 0 aliphatic heterocycles. The highest BCUT2D eigenvalue weighted by atomic mass is 19.4. The van der Waals surface area contributed by atoms with Crippen molar-refractivity contribution in [2.24, 2.45) is 5.73 Å². The number of aryl methyl sites for hydroxylation is 1. The Bertz CT molecular complexity index is 456. The van der Waals surface area contributed by atoms with Crippen molar-refractivity contribution in [2.75, 3.05) is 13.7 Å². The molecule has 1 aromatic carbocycles. The second-order valence-corrected chi connectivity index (χ2v) is 4.76. The van der Waals surface area contributed by atoms with Gasteiger partial charge in [0.2, 0.25) is 0 Å². The monoisotopic (exact) mass is 289 g/mol. The Morgan fingerprint density at radius 2 is 1.75 bits per heavy atom. The van der Waals surface area contributed by atoms with Gasteiger partial charge < -0.3 is 10.5 Å². The number of hydrogen-bond acceptors (Lipinski definition) is 3. The van der Waals surface area contributed by atoms with Crippen LogP contribution in [0.1, 0.15) is 24.0 Å². The van der Waals surface area contributed by atoms with Gasteiger partial charge in [-0.1, -0.05) is 29.8 Å². The van der Waals surface area contributed by atoms with Crippen LogP contribution in [0.15, 0.2) is 24.3 Å². The van der Waals surface area contributed by atoms with E-state index >= 15 is 0 Å². The van der Waals surface area contributed by atoms with Crippen LogP contribution in [-0.4, -0.2) is 25.8 Å². The number of ether oxygens (including phenoxy) is 1. The first kappa shape index (κ1) is 16.5. The molecule has 1 aromatic rings. The summed E-state index contributed by atoms with van der Waals surface area (Å²) in [7, 11) is 1.15. The Hall–Kier alpha value is -1.56. The molecule has 0 aromatic heterocycles. The zero-order chi connectivity index (χ0) is 15.4. The topological polar surface area (TPSA) is 52.3 Å². The van der Waals surface area contributed by atoms with Crippen molar-refractivity contribution in [2.45, 2.75) is 31.4 Å². The molecule has 1 atom stereocenters. The molecule has 0 aliphatic carbocycles. The van der Waals surface area contributed by atoms with Crippen LogP contribution < -0.4 is 5.73 Å². The summed E-state index contributed by atoms with van der Waals surface area (Å²) in [6.07, 6.45) is -5.87. The number of halogens is 3. The summed E-state index contributed by atoms with van der Waals surface area (Å²) in [5.41, 5.74) is 5.55. The second-order valence-electron chi connectivity index (χ2n) is 4.76. The quantitative estimate of drug-likeness (QED) is 0.848.